The molecule has 1 amide bonds. The Bertz CT molecular complexity index is 972. The van der Waals surface area contributed by atoms with E-state index in [1.165, 1.54) is 4.68 Å². The number of rotatable bonds is 4. The number of carbonyl (C=O) groups excluding carboxylic acids is 1. The Kier molecular flexibility index (Phi) is 4.89. The van der Waals surface area contributed by atoms with Crippen molar-refractivity contribution in [3.63, 3.8) is 0 Å². The molecule has 1 aromatic heterocycles. The smallest absolute Gasteiger partial charge is 0.275 e. The molecule has 26 heavy (non-hydrogen) atoms. The van der Waals surface area contributed by atoms with Gasteiger partial charge < -0.3 is 4.90 Å². The van der Waals surface area contributed by atoms with E-state index < -0.39 is 0 Å². The van der Waals surface area contributed by atoms with Crippen LogP contribution in [0.15, 0.2) is 65.6 Å². The summed E-state index contributed by atoms with van der Waals surface area (Å²) in [5, 5.41) is 5.52. The Labute approximate surface area is 152 Å². The number of nitrogens with zero attached hydrogens (tertiary/aromatic N) is 3. The van der Waals surface area contributed by atoms with Gasteiger partial charge in [-0.25, -0.2) is 4.68 Å². The zero-order valence-corrected chi connectivity index (χ0v) is 15.3. The maximum atomic E-state index is 13.0. The molecule has 0 aliphatic carbocycles. The van der Waals surface area contributed by atoms with Crippen molar-refractivity contribution in [3.8, 4) is 0 Å². The topological polar surface area (TPSA) is 55.2 Å². The van der Waals surface area contributed by atoms with Gasteiger partial charge in [0.05, 0.1) is 11.6 Å². The summed E-state index contributed by atoms with van der Waals surface area (Å²) in [7, 11) is 0. The van der Waals surface area contributed by atoms with Gasteiger partial charge >= 0.3 is 0 Å². The van der Waals surface area contributed by atoms with Crippen molar-refractivity contribution in [2.24, 2.45) is 0 Å². The minimum absolute atomic E-state index is 0.0756. The molecule has 0 aliphatic rings. The van der Waals surface area contributed by atoms with Gasteiger partial charge in [0.2, 0.25) is 5.91 Å². The highest BCUT2D eigenvalue weighted by Crippen LogP contribution is 2.18. The highest BCUT2D eigenvalue weighted by atomic mass is 16.2. The van der Waals surface area contributed by atoms with Gasteiger partial charge in [-0.2, -0.15) is 5.10 Å². The fourth-order valence-electron chi connectivity index (χ4n) is 2.92. The first-order valence-electron chi connectivity index (χ1n) is 8.65. The zero-order chi connectivity index (χ0) is 18.7. The predicted molar refractivity (Wildman–Crippen MR) is 103 cm³/mol. The van der Waals surface area contributed by atoms with Gasteiger partial charge in [-0.05, 0) is 32.4 Å². The lowest BCUT2D eigenvalue weighted by molar-refractivity contribution is -0.137. The lowest BCUT2D eigenvalue weighted by atomic mass is 10.0. The molecule has 5 nitrogen and oxygen atoms in total. The van der Waals surface area contributed by atoms with E-state index in [1.54, 1.807) is 17.2 Å². The number of hydrogen-bond acceptors (Lipinski definition) is 3. The molecule has 0 radical (unpaired) electrons. The molecule has 0 N–H and O–H groups in total. The van der Waals surface area contributed by atoms with Crippen LogP contribution in [0.1, 0.15) is 26.3 Å². The molecule has 0 unspecified atom stereocenters. The molecule has 0 saturated heterocycles. The van der Waals surface area contributed by atoms with Crippen molar-refractivity contribution < 1.29 is 4.79 Å². The molecule has 0 aliphatic heterocycles. The monoisotopic (exact) mass is 349 g/mol. The Morgan fingerprint density at radius 3 is 2.38 bits per heavy atom. The van der Waals surface area contributed by atoms with E-state index >= 15 is 0 Å². The van der Waals surface area contributed by atoms with Crippen LogP contribution in [-0.4, -0.2) is 26.1 Å². The first-order chi connectivity index (χ1) is 12.4. The molecule has 3 rings (SSSR count). The number of benzene rings is 2. The number of fused-ring (bicyclic) bond motifs is 1. The van der Waals surface area contributed by atoms with Crippen LogP contribution in [0.3, 0.4) is 0 Å². The molecule has 0 spiro atoms. The third kappa shape index (κ3) is 3.82. The molecule has 134 valence electrons. The summed E-state index contributed by atoms with van der Waals surface area (Å²) in [4.78, 5) is 27.4. The van der Waals surface area contributed by atoms with Crippen molar-refractivity contribution in [2.45, 2.75) is 39.4 Å². The van der Waals surface area contributed by atoms with Crippen LogP contribution in [0.25, 0.3) is 10.8 Å². The van der Waals surface area contributed by atoms with Crippen LogP contribution in [0.4, 0.5) is 0 Å². The molecular weight excluding hydrogens is 326 g/mol. The first-order valence-corrected chi connectivity index (χ1v) is 8.65. The van der Waals surface area contributed by atoms with E-state index in [9.17, 15) is 9.59 Å². The largest absolute Gasteiger partial charge is 0.332 e. The SMILES string of the molecule is CC(C)(C)N(Cc1ccccc1)C(=O)Cn1ncc2ccccc2c1=O. The third-order valence-corrected chi connectivity index (χ3v) is 4.34. The van der Waals surface area contributed by atoms with E-state index in [-0.39, 0.29) is 23.6 Å². The fraction of sp³-hybridized carbons (Fsp3) is 0.286. The van der Waals surface area contributed by atoms with Crippen molar-refractivity contribution >= 4 is 16.7 Å². The summed E-state index contributed by atoms with van der Waals surface area (Å²) < 4.78 is 1.24. The second-order valence-corrected chi connectivity index (χ2v) is 7.33. The van der Waals surface area contributed by atoms with Crippen LogP contribution >= 0.6 is 0 Å². The number of carbonyl (C=O) groups is 1. The molecule has 0 saturated carbocycles. The standard InChI is InChI=1S/C21H23N3O2/c1-21(2,3)23(14-16-9-5-4-6-10-16)19(25)15-24-20(26)18-12-8-7-11-17(18)13-22-24/h4-13H,14-15H2,1-3H3. The summed E-state index contributed by atoms with van der Waals surface area (Å²) in [5.41, 5.74) is 0.438. The van der Waals surface area contributed by atoms with Crippen LogP contribution < -0.4 is 5.56 Å². The Hall–Kier alpha value is -2.95. The number of hydrogen-bond donors (Lipinski definition) is 0. The molecule has 0 atom stereocenters. The second kappa shape index (κ2) is 7.12. The summed E-state index contributed by atoms with van der Waals surface area (Å²) in [6.45, 7) is 6.39. The molecule has 1 heterocycles. The quantitative estimate of drug-likeness (QED) is 0.727. The van der Waals surface area contributed by atoms with Crippen molar-refractivity contribution in [1.29, 1.82) is 0 Å². The van der Waals surface area contributed by atoms with E-state index in [1.807, 2.05) is 69.3 Å². The van der Waals surface area contributed by atoms with Gasteiger partial charge in [0.1, 0.15) is 6.54 Å². The summed E-state index contributed by atoms with van der Waals surface area (Å²) in [6, 6.07) is 17.1. The lowest BCUT2D eigenvalue weighted by Gasteiger charge is -2.36. The maximum Gasteiger partial charge on any atom is 0.275 e. The normalized spacial score (nSPS) is 11.5. The van der Waals surface area contributed by atoms with E-state index in [4.69, 9.17) is 0 Å². The Balaban J connectivity index is 1.88. The van der Waals surface area contributed by atoms with Crippen LogP contribution in [0.5, 0.6) is 0 Å². The van der Waals surface area contributed by atoms with E-state index in [0.717, 1.165) is 10.9 Å². The second-order valence-electron chi connectivity index (χ2n) is 7.33. The number of aromatic nitrogens is 2. The van der Waals surface area contributed by atoms with Gasteiger partial charge in [0, 0.05) is 17.5 Å². The maximum absolute atomic E-state index is 13.0. The lowest BCUT2D eigenvalue weighted by Crippen LogP contribution is -2.47. The minimum atomic E-state index is -0.368. The molecular formula is C21H23N3O2. The van der Waals surface area contributed by atoms with Gasteiger partial charge in [-0.1, -0.05) is 48.5 Å². The van der Waals surface area contributed by atoms with Crippen LogP contribution in [0, 0.1) is 0 Å². The number of amides is 1. The van der Waals surface area contributed by atoms with Crippen molar-refractivity contribution in [2.75, 3.05) is 0 Å². The Morgan fingerprint density at radius 2 is 1.69 bits per heavy atom. The third-order valence-electron chi connectivity index (χ3n) is 4.34. The van der Waals surface area contributed by atoms with Gasteiger partial charge in [0.25, 0.3) is 5.56 Å². The van der Waals surface area contributed by atoms with Gasteiger partial charge in [-0.3, -0.25) is 9.59 Å². The van der Waals surface area contributed by atoms with E-state index in [0.29, 0.717) is 11.9 Å². The van der Waals surface area contributed by atoms with Gasteiger partial charge in [0.15, 0.2) is 0 Å². The average Bonchev–Trinajstić information content (AvgIpc) is 2.62. The highest BCUT2D eigenvalue weighted by Gasteiger charge is 2.27. The van der Waals surface area contributed by atoms with Crippen LogP contribution in [-0.2, 0) is 17.9 Å². The molecule has 2 aromatic carbocycles. The molecule has 0 bridgehead atoms. The Morgan fingerprint density at radius 1 is 1.04 bits per heavy atom. The zero-order valence-electron chi connectivity index (χ0n) is 15.3. The predicted octanol–water partition coefficient (Wildman–Crippen LogP) is 3.22. The average molecular weight is 349 g/mol. The fourth-order valence-corrected chi connectivity index (χ4v) is 2.92. The van der Waals surface area contributed by atoms with E-state index in [2.05, 4.69) is 5.10 Å². The van der Waals surface area contributed by atoms with Crippen molar-refractivity contribution in [1.82, 2.24) is 14.7 Å². The van der Waals surface area contributed by atoms with Crippen molar-refractivity contribution in [3.05, 3.63) is 76.7 Å². The summed E-state index contributed by atoms with van der Waals surface area (Å²) >= 11 is 0. The molecule has 3 aromatic rings. The van der Waals surface area contributed by atoms with Crippen LogP contribution in [0.2, 0.25) is 0 Å². The summed E-state index contributed by atoms with van der Waals surface area (Å²) in [6.07, 6.45) is 1.63. The molecule has 0 fully saturated rings. The minimum Gasteiger partial charge on any atom is -0.332 e. The highest BCUT2D eigenvalue weighted by molar-refractivity contribution is 5.81. The van der Waals surface area contributed by atoms with Gasteiger partial charge in [-0.15, -0.1) is 0 Å². The summed E-state index contributed by atoms with van der Waals surface area (Å²) in [5.74, 6) is -0.133. The first kappa shape index (κ1) is 17.9. The molecule has 5 heteroatoms.